The predicted octanol–water partition coefficient (Wildman–Crippen LogP) is 5.45. The number of para-hydroxylation sites is 1. The van der Waals surface area contributed by atoms with Crippen LogP contribution in [0.4, 0.5) is 27.6 Å². The molecule has 2 aromatic carbocycles. The molecule has 1 aliphatic heterocycles. The van der Waals surface area contributed by atoms with Crippen molar-refractivity contribution in [3.05, 3.63) is 58.4 Å². The lowest BCUT2D eigenvalue weighted by atomic mass is 9.89. The molecular weight excluding hydrogens is 383 g/mol. The molecule has 0 N–H and O–H groups in total. The van der Waals surface area contributed by atoms with Gasteiger partial charge in [-0.15, -0.1) is 11.3 Å². The summed E-state index contributed by atoms with van der Waals surface area (Å²) in [6, 6.07) is 5.93. The Hall–Kier alpha value is -2.22. The first-order valence-corrected chi connectivity index (χ1v) is 9.42. The number of rotatable bonds is 3. The quantitative estimate of drug-likeness (QED) is 0.331. The Morgan fingerprint density at radius 2 is 1.56 bits per heavy atom. The minimum absolute atomic E-state index is 0.149. The number of fused-ring (bicyclic) bond motifs is 1. The van der Waals surface area contributed by atoms with Gasteiger partial charge in [-0.1, -0.05) is 6.07 Å². The highest BCUT2D eigenvalue weighted by Gasteiger charge is 2.29. The summed E-state index contributed by atoms with van der Waals surface area (Å²) in [5, 5.41) is 0. The van der Waals surface area contributed by atoms with Crippen LogP contribution >= 0.6 is 11.3 Å². The molecule has 0 atom stereocenters. The van der Waals surface area contributed by atoms with Crippen molar-refractivity contribution >= 4 is 27.2 Å². The second-order valence-electron chi connectivity index (χ2n) is 6.66. The predicted molar refractivity (Wildman–Crippen MR) is 94.5 cm³/mol. The number of hydrogen-bond acceptors (Lipinski definition) is 3. The van der Waals surface area contributed by atoms with Gasteiger partial charge in [0, 0.05) is 18.7 Å². The number of benzene rings is 2. The van der Waals surface area contributed by atoms with E-state index >= 15 is 0 Å². The molecule has 0 bridgehead atoms. The number of nitrogens with zero attached hydrogens (tertiary/aromatic N) is 2. The molecular formula is C19H15F5N2S. The molecule has 0 unspecified atom stereocenters. The van der Waals surface area contributed by atoms with Crippen LogP contribution in [0.2, 0.25) is 0 Å². The van der Waals surface area contributed by atoms with Crippen LogP contribution in [0.25, 0.3) is 10.2 Å². The fourth-order valence-corrected chi connectivity index (χ4v) is 4.32. The largest absolute Gasteiger partial charge is 0.370 e. The Morgan fingerprint density at radius 1 is 0.926 bits per heavy atom. The van der Waals surface area contributed by atoms with E-state index in [0.29, 0.717) is 25.9 Å². The van der Waals surface area contributed by atoms with Crippen LogP contribution in [0.1, 0.15) is 18.4 Å². The van der Waals surface area contributed by atoms with E-state index in [9.17, 15) is 22.0 Å². The van der Waals surface area contributed by atoms with Gasteiger partial charge < -0.3 is 4.90 Å². The summed E-state index contributed by atoms with van der Waals surface area (Å²) in [4.78, 5) is 6.54. The number of hydrogen-bond donors (Lipinski definition) is 0. The normalized spacial score (nSPS) is 15.7. The van der Waals surface area contributed by atoms with Crippen LogP contribution in [-0.2, 0) is 6.42 Å². The number of aromatic nitrogens is 1. The second kappa shape index (κ2) is 7.07. The zero-order chi connectivity index (χ0) is 19.1. The molecule has 1 fully saturated rings. The van der Waals surface area contributed by atoms with Gasteiger partial charge in [-0.05, 0) is 37.3 Å². The van der Waals surface area contributed by atoms with Crippen molar-refractivity contribution in [2.24, 2.45) is 5.92 Å². The smallest absolute Gasteiger partial charge is 0.200 e. The summed E-state index contributed by atoms with van der Waals surface area (Å²) < 4.78 is 68.8. The second-order valence-corrected chi connectivity index (χ2v) is 7.55. The van der Waals surface area contributed by atoms with Gasteiger partial charge in [-0.3, -0.25) is 0 Å². The van der Waals surface area contributed by atoms with E-state index < -0.39 is 34.6 Å². The average Bonchev–Trinajstić information content (AvgIpc) is 3.18. The van der Waals surface area contributed by atoms with Gasteiger partial charge in [-0.2, -0.15) is 0 Å². The third kappa shape index (κ3) is 3.16. The standard InChI is InChI=1S/C19H15F5N2S/c20-14-11(15(21)17(23)18(24)16(14)22)8-10-4-6-26(7-5-10)12-2-1-3-13-19(12)25-9-27-13/h1-3,9-10H,4-8H2. The van der Waals surface area contributed by atoms with Crippen molar-refractivity contribution in [2.75, 3.05) is 18.0 Å². The first kappa shape index (κ1) is 18.2. The van der Waals surface area contributed by atoms with Gasteiger partial charge in [0.05, 0.1) is 15.9 Å². The first-order valence-electron chi connectivity index (χ1n) is 8.54. The maximum Gasteiger partial charge on any atom is 0.200 e. The van der Waals surface area contributed by atoms with Gasteiger partial charge in [0.25, 0.3) is 0 Å². The van der Waals surface area contributed by atoms with E-state index in [1.54, 1.807) is 16.8 Å². The molecule has 2 heterocycles. The molecule has 1 aromatic heterocycles. The van der Waals surface area contributed by atoms with Gasteiger partial charge in [0.1, 0.15) is 5.52 Å². The molecule has 2 nitrogen and oxygen atoms in total. The van der Waals surface area contributed by atoms with Crippen LogP contribution in [-0.4, -0.2) is 18.1 Å². The summed E-state index contributed by atoms with van der Waals surface area (Å²) in [6.45, 7) is 1.27. The summed E-state index contributed by atoms with van der Waals surface area (Å²) in [7, 11) is 0. The minimum Gasteiger partial charge on any atom is -0.370 e. The summed E-state index contributed by atoms with van der Waals surface area (Å²) in [6.07, 6.45) is 1.03. The molecule has 142 valence electrons. The third-order valence-corrected chi connectivity index (χ3v) is 5.88. The lowest BCUT2D eigenvalue weighted by Gasteiger charge is -2.34. The maximum absolute atomic E-state index is 13.9. The van der Waals surface area contributed by atoms with Crippen molar-refractivity contribution < 1.29 is 22.0 Å². The molecule has 0 amide bonds. The van der Waals surface area contributed by atoms with Crippen LogP contribution in [0.15, 0.2) is 23.7 Å². The Labute approximate surface area is 156 Å². The van der Waals surface area contributed by atoms with Crippen LogP contribution in [0.3, 0.4) is 0 Å². The van der Waals surface area contributed by atoms with E-state index in [1.165, 1.54) is 0 Å². The Morgan fingerprint density at radius 3 is 2.22 bits per heavy atom. The fraction of sp³-hybridized carbons (Fsp3) is 0.316. The Kier molecular flexibility index (Phi) is 4.75. The molecule has 0 saturated carbocycles. The highest BCUT2D eigenvalue weighted by atomic mass is 32.1. The van der Waals surface area contributed by atoms with Gasteiger partial charge in [-0.25, -0.2) is 26.9 Å². The molecule has 1 saturated heterocycles. The van der Waals surface area contributed by atoms with Crippen LogP contribution in [0, 0.1) is 35.0 Å². The molecule has 0 spiro atoms. The van der Waals surface area contributed by atoms with Crippen LogP contribution < -0.4 is 4.90 Å². The van der Waals surface area contributed by atoms with E-state index in [0.717, 1.165) is 15.9 Å². The fourth-order valence-electron chi connectivity index (χ4n) is 3.62. The van der Waals surface area contributed by atoms with E-state index in [1.807, 2.05) is 18.2 Å². The third-order valence-electron chi connectivity index (χ3n) is 5.09. The number of thiazole rings is 1. The van der Waals surface area contributed by atoms with Gasteiger partial charge in [0.2, 0.25) is 5.82 Å². The maximum atomic E-state index is 13.9. The van der Waals surface area contributed by atoms with Crippen molar-refractivity contribution in [2.45, 2.75) is 19.3 Å². The molecule has 8 heteroatoms. The number of halogens is 5. The zero-order valence-corrected chi connectivity index (χ0v) is 14.9. The average molecular weight is 398 g/mol. The summed E-state index contributed by atoms with van der Waals surface area (Å²) in [5.74, 6) is -9.46. The molecule has 4 rings (SSSR count). The van der Waals surface area contributed by atoms with Gasteiger partial charge in [0.15, 0.2) is 23.3 Å². The number of piperidine rings is 1. The van der Waals surface area contributed by atoms with Crippen molar-refractivity contribution in [3.63, 3.8) is 0 Å². The van der Waals surface area contributed by atoms with E-state index in [4.69, 9.17) is 0 Å². The van der Waals surface area contributed by atoms with Crippen molar-refractivity contribution in [1.29, 1.82) is 0 Å². The van der Waals surface area contributed by atoms with Gasteiger partial charge >= 0.3 is 0 Å². The van der Waals surface area contributed by atoms with E-state index in [-0.39, 0.29) is 12.3 Å². The molecule has 1 aliphatic rings. The molecule has 27 heavy (non-hydrogen) atoms. The minimum atomic E-state index is -2.11. The van der Waals surface area contributed by atoms with Crippen molar-refractivity contribution in [3.8, 4) is 0 Å². The SMILES string of the molecule is Fc1c(F)c(F)c(CC2CCN(c3cccc4scnc34)CC2)c(F)c1F. The highest BCUT2D eigenvalue weighted by molar-refractivity contribution is 7.16. The molecule has 3 aromatic rings. The lowest BCUT2D eigenvalue weighted by molar-refractivity contribution is 0.349. The molecule has 0 aliphatic carbocycles. The van der Waals surface area contributed by atoms with Crippen molar-refractivity contribution in [1.82, 2.24) is 4.98 Å². The Bertz CT molecular complexity index is 966. The zero-order valence-electron chi connectivity index (χ0n) is 14.1. The number of anilines is 1. The first-order chi connectivity index (χ1) is 13.0. The van der Waals surface area contributed by atoms with Crippen LogP contribution in [0.5, 0.6) is 0 Å². The van der Waals surface area contributed by atoms with E-state index in [2.05, 4.69) is 9.88 Å². The Balaban J connectivity index is 1.50. The monoisotopic (exact) mass is 398 g/mol. The highest BCUT2D eigenvalue weighted by Crippen LogP contribution is 2.33. The summed E-state index contributed by atoms with van der Waals surface area (Å²) in [5.41, 5.74) is 2.99. The molecule has 0 radical (unpaired) electrons. The lowest BCUT2D eigenvalue weighted by Crippen LogP contribution is -2.34. The summed E-state index contributed by atoms with van der Waals surface area (Å²) >= 11 is 1.55. The topological polar surface area (TPSA) is 16.1 Å².